The van der Waals surface area contributed by atoms with Gasteiger partial charge in [-0.15, -0.1) is 0 Å². The summed E-state index contributed by atoms with van der Waals surface area (Å²) >= 11 is 0. The van der Waals surface area contributed by atoms with E-state index in [0.717, 1.165) is 5.69 Å². The molecule has 0 aliphatic rings. The maximum atomic E-state index is 5.71. The van der Waals surface area contributed by atoms with Crippen molar-refractivity contribution in [3.8, 4) is 0 Å². The summed E-state index contributed by atoms with van der Waals surface area (Å²) in [6.45, 7) is 3.53. The largest absolute Gasteiger partial charge is 0.399 e. The molecule has 0 saturated carbocycles. The number of hydrogen-bond donors (Lipinski definition) is 3. The first-order valence-corrected chi connectivity index (χ1v) is 4.12. The SMILES string of the molecule is C=C/C(N)=C/N(N)c1ccc(N)cc1. The van der Waals surface area contributed by atoms with Gasteiger partial charge in [-0.25, -0.2) is 5.84 Å². The fourth-order valence-electron chi connectivity index (χ4n) is 0.934. The van der Waals surface area contributed by atoms with Gasteiger partial charge in [-0.1, -0.05) is 6.58 Å². The van der Waals surface area contributed by atoms with E-state index in [1.54, 1.807) is 18.3 Å². The summed E-state index contributed by atoms with van der Waals surface area (Å²) in [7, 11) is 0. The molecule has 0 bridgehead atoms. The van der Waals surface area contributed by atoms with Gasteiger partial charge in [0.2, 0.25) is 0 Å². The zero-order valence-electron chi connectivity index (χ0n) is 7.85. The Hall–Kier alpha value is -1.94. The molecule has 0 unspecified atom stereocenters. The molecule has 0 atom stereocenters. The molecule has 4 heteroatoms. The molecule has 1 aromatic rings. The normalized spacial score (nSPS) is 11.1. The van der Waals surface area contributed by atoms with Crippen molar-refractivity contribution < 1.29 is 0 Å². The summed E-state index contributed by atoms with van der Waals surface area (Å²) in [6, 6.07) is 7.16. The minimum atomic E-state index is 0.504. The smallest absolute Gasteiger partial charge is 0.0570 e. The van der Waals surface area contributed by atoms with Crippen LogP contribution in [0.4, 0.5) is 11.4 Å². The summed E-state index contributed by atoms with van der Waals surface area (Å²) in [5.41, 5.74) is 13.1. The Morgan fingerprint density at radius 1 is 1.29 bits per heavy atom. The van der Waals surface area contributed by atoms with Gasteiger partial charge in [-0.3, -0.25) is 5.01 Å². The van der Waals surface area contributed by atoms with Gasteiger partial charge in [0.1, 0.15) is 0 Å². The van der Waals surface area contributed by atoms with Gasteiger partial charge in [0.25, 0.3) is 0 Å². The molecule has 4 nitrogen and oxygen atoms in total. The molecule has 6 N–H and O–H groups in total. The number of nitrogens with two attached hydrogens (primary N) is 3. The molecule has 0 aliphatic carbocycles. The van der Waals surface area contributed by atoms with Crippen LogP contribution in [0.25, 0.3) is 0 Å². The molecule has 0 aromatic heterocycles. The molecule has 0 fully saturated rings. The molecular formula is C10H14N4. The monoisotopic (exact) mass is 190 g/mol. The van der Waals surface area contributed by atoms with Crippen molar-refractivity contribution in [2.75, 3.05) is 10.7 Å². The lowest BCUT2D eigenvalue weighted by atomic mass is 10.3. The molecule has 0 aliphatic heterocycles. The average Bonchev–Trinajstić information content (AvgIpc) is 2.18. The van der Waals surface area contributed by atoms with Crippen molar-refractivity contribution in [1.82, 2.24) is 0 Å². The molecule has 0 radical (unpaired) electrons. The topological polar surface area (TPSA) is 81.3 Å². The molecule has 0 amide bonds. The summed E-state index contributed by atoms with van der Waals surface area (Å²) in [5.74, 6) is 5.71. The van der Waals surface area contributed by atoms with Crippen LogP contribution in [0.2, 0.25) is 0 Å². The van der Waals surface area contributed by atoms with Crippen molar-refractivity contribution in [2.45, 2.75) is 0 Å². The first-order chi connectivity index (χ1) is 6.63. The van der Waals surface area contributed by atoms with Crippen LogP contribution in [0.5, 0.6) is 0 Å². The zero-order chi connectivity index (χ0) is 10.6. The van der Waals surface area contributed by atoms with Crippen LogP contribution < -0.4 is 22.3 Å². The van der Waals surface area contributed by atoms with Gasteiger partial charge >= 0.3 is 0 Å². The van der Waals surface area contributed by atoms with E-state index >= 15 is 0 Å². The minimum Gasteiger partial charge on any atom is -0.399 e. The van der Waals surface area contributed by atoms with E-state index in [1.165, 1.54) is 11.1 Å². The molecule has 1 aromatic carbocycles. The molecule has 0 spiro atoms. The minimum absolute atomic E-state index is 0.504. The zero-order valence-corrected chi connectivity index (χ0v) is 7.85. The Bertz CT molecular complexity index is 340. The maximum Gasteiger partial charge on any atom is 0.0570 e. The van der Waals surface area contributed by atoms with Gasteiger partial charge < -0.3 is 11.5 Å². The number of hydrazine groups is 1. The van der Waals surface area contributed by atoms with Crippen LogP contribution in [0, 0.1) is 0 Å². The highest BCUT2D eigenvalue weighted by atomic mass is 15.4. The Labute approximate surface area is 83.3 Å². The predicted octanol–water partition coefficient (Wildman–Crippen LogP) is 0.935. The van der Waals surface area contributed by atoms with Crippen LogP contribution in [0.1, 0.15) is 0 Å². The van der Waals surface area contributed by atoms with E-state index in [0.29, 0.717) is 11.4 Å². The number of allylic oxidation sites excluding steroid dienone is 1. The van der Waals surface area contributed by atoms with Crippen molar-refractivity contribution in [2.24, 2.45) is 11.6 Å². The van der Waals surface area contributed by atoms with E-state index in [4.69, 9.17) is 17.3 Å². The van der Waals surface area contributed by atoms with Crippen LogP contribution in [0.15, 0.2) is 48.8 Å². The number of nitrogen functional groups attached to an aromatic ring is 1. The van der Waals surface area contributed by atoms with E-state index < -0.39 is 0 Å². The summed E-state index contributed by atoms with van der Waals surface area (Å²) in [6.07, 6.45) is 3.11. The maximum absolute atomic E-state index is 5.71. The number of benzene rings is 1. The van der Waals surface area contributed by atoms with E-state index in [2.05, 4.69) is 6.58 Å². The fraction of sp³-hybridized carbons (Fsp3) is 0. The van der Waals surface area contributed by atoms with Crippen LogP contribution >= 0.6 is 0 Å². The van der Waals surface area contributed by atoms with Gasteiger partial charge in [-0.05, 0) is 30.3 Å². The lowest BCUT2D eigenvalue weighted by molar-refractivity contribution is 1.06. The molecule has 0 heterocycles. The average molecular weight is 190 g/mol. The van der Waals surface area contributed by atoms with Crippen molar-refractivity contribution in [3.63, 3.8) is 0 Å². The number of rotatable bonds is 3. The third kappa shape index (κ3) is 2.53. The Morgan fingerprint density at radius 3 is 2.36 bits per heavy atom. The second kappa shape index (κ2) is 4.34. The number of anilines is 2. The molecule has 1 rings (SSSR count). The highest BCUT2D eigenvalue weighted by Crippen LogP contribution is 2.13. The van der Waals surface area contributed by atoms with Gasteiger partial charge in [0.15, 0.2) is 0 Å². The molecular weight excluding hydrogens is 176 g/mol. The van der Waals surface area contributed by atoms with E-state index in [-0.39, 0.29) is 0 Å². The summed E-state index contributed by atoms with van der Waals surface area (Å²) in [4.78, 5) is 0. The third-order valence-corrected chi connectivity index (χ3v) is 1.72. The predicted molar refractivity (Wildman–Crippen MR) is 60.0 cm³/mol. The van der Waals surface area contributed by atoms with Crippen molar-refractivity contribution >= 4 is 11.4 Å². The second-order valence-corrected chi connectivity index (χ2v) is 2.83. The fourth-order valence-corrected chi connectivity index (χ4v) is 0.934. The van der Waals surface area contributed by atoms with Crippen molar-refractivity contribution in [3.05, 3.63) is 48.8 Å². The standard InChI is InChI=1S/C10H14N4/c1-2-8(11)7-14(13)10-5-3-9(12)4-6-10/h2-7H,1,11-13H2/b8-7-. The van der Waals surface area contributed by atoms with Crippen molar-refractivity contribution in [1.29, 1.82) is 0 Å². The van der Waals surface area contributed by atoms with Gasteiger partial charge in [-0.2, -0.15) is 0 Å². The lowest BCUT2D eigenvalue weighted by Gasteiger charge is -2.14. The summed E-state index contributed by atoms with van der Waals surface area (Å²) in [5, 5.41) is 1.41. The van der Waals surface area contributed by atoms with Crippen LogP contribution in [-0.4, -0.2) is 0 Å². The Morgan fingerprint density at radius 2 is 1.86 bits per heavy atom. The first kappa shape index (κ1) is 10.1. The quantitative estimate of drug-likeness (QED) is 0.287. The highest BCUT2D eigenvalue weighted by molar-refractivity contribution is 5.54. The Kier molecular flexibility index (Phi) is 3.14. The van der Waals surface area contributed by atoms with E-state index in [1.807, 2.05) is 12.1 Å². The Balaban J connectivity index is 2.84. The number of nitrogens with zero attached hydrogens (tertiary/aromatic N) is 1. The van der Waals surface area contributed by atoms with Gasteiger partial charge in [0, 0.05) is 17.6 Å². The molecule has 74 valence electrons. The molecule has 0 saturated heterocycles. The molecule has 14 heavy (non-hydrogen) atoms. The van der Waals surface area contributed by atoms with E-state index in [9.17, 15) is 0 Å². The third-order valence-electron chi connectivity index (χ3n) is 1.72. The number of hydrogen-bond acceptors (Lipinski definition) is 4. The highest BCUT2D eigenvalue weighted by Gasteiger charge is 1.97. The summed E-state index contributed by atoms with van der Waals surface area (Å²) < 4.78 is 0. The van der Waals surface area contributed by atoms with Gasteiger partial charge in [0.05, 0.1) is 5.69 Å². The lowest BCUT2D eigenvalue weighted by Crippen LogP contribution is -2.25. The second-order valence-electron chi connectivity index (χ2n) is 2.83. The van der Waals surface area contributed by atoms with Crippen LogP contribution in [0.3, 0.4) is 0 Å². The first-order valence-electron chi connectivity index (χ1n) is 4.12. The van der Waals surface area contributed by atoms with Crippen LogP contribution in [-0.2, 0) is 0 Å².